The second-order valence-electron chi connectivity index (χ2n) is 4.74. The summed E-state index contributed by atoms with van der Waals surface area (Å²) < 4.78 is 6.32. The van der Waals surface area contributed by atoms with Crippen molar-refractivity contribution >= 4 is 15.9 Å². The molecule has 0 bridgehead atoms. The van der Waals surface area contributed by atoms with Crippen molar-refractivity contribution in [2.24, 2.45) is 5.73 Å². The van der Waals surface area contributed by atoms with E-state index in [1.165, 1.54) is 0 Å². The predicted octanol–water partition coefficient (Wildman–Crippen LogP) is 3.47. The largest absolute Gasteiger partial charge is 0.337 e. The van der Waals surface area contributed by atoms with Gasteiger partial charge in [0.25, 0.3) is 0 Å². The topological polar surface area (TPSA) is 64.9 Å². The normalized spacial score (nSPS) is 12.3. The molecule has 0 radical (unpaired) electrons. The zero-order valence-corrected chi connectivity index (χ0v) is 12.8. The summed E-state index contributed by atoms with van der Waals surface area (Å²) >= 11 is 3.45. The number of nitrogens with two attached hydrogens (primary N) is 1. The number of hydrogen-bond donors (Lipinski definition) is 1. The maximum absolute atomic E-state index is 6.14. The first kappa shape index (κ1) is 14.0. The van der Waals surface area contributed by atoms with Gasteiger partial charge in [-0.2, -0.15) is 4.98 Å². The van der Waals surface area contributed by atoms with Crippen LogP contribution in [-0.4, -0.2) is 10.1 Å². The van der Waals surface area contributed by atoms with Crippen molar-refractivity contribution in [1.82, 2.24) is 10.1 Å². The summed E-state index contributed by atoms with van der Waals surface area (Å²) in [4.78, 5) is 4.39. The lowest BCUT2D eigenvalue weighted by atomic mass is 10.1. The van der Waals surface area contributed by atoms with E-state index < -0.39 is 6.04 Å². The zero-order valence-electron chi connectivity index (χ0n) is 11.2. The number of nitrogens with zero attached hydrogens (tertiary/aromatic N) is 2. The molecule has 0 fully saturated rings. The summed E-state index contributed by atoms with van der Waals surface area (Å²) in [6.45, 7) is 0. The van der Waals surface area contributed by atoms with Crippen LogP contribution in [0.4, 0.5) is 0 Å². The van der Waals surface area contributed by atoms with E-state index in [0.717, 1.165) is 15.6 Å². The van der Waals surface area contributed by atoms with Gasteiger partial charge in [-0.3, -0.25) is 0 Å². The van der Waals surface area contributed by atoms with Crippen LogP contribution in [0.5, 0.6) is 0 Å². The Hall–Kier alpha value is -1.98. The monoisotopic (exact) mass is 343 g/mol. The van der Waals surface area contributed by atoms with Gasteiger partial charge in [0.1, 0.15) is 6.04 Å². The van der Waals surface area contributed by atoms with E-state index in [1.54, 1.807) is 0 Å². The summed E-state index contributed by atoms with van der Waals surface area (Å²) in [5.41, 5.74) is 8.21. The molecule has 21 heavy (non-hydrogen) atoms. The Morgan fingerprint density at radius 1 is 1.10 bits per heavy atom. The van der Waals surface area contributed by atoms with Gasteiger partial charge in [0, 0.05) is 10.9 Å². The third-order valence-corrected chi connectivity index (χ3v) is 3.65. The van der Waals surface area contributed by atoms with Gasteiger partial charge in [0.05, 0.1) is 0 Å². The van der Waals surface area contributed by atoms with Crippen molar-refractivity contribution in [1.29, 1.82) is 0 Å². The lowest BCUT2D eigenvalue weighted by molar-refractivity contribution is 0.363. The van der Waals surface area contributed by atoms with Crippen LogP contribution in [0.15, 0.2) is 63.6 Å². The van der Waals surface area contributed by atoms with Crippen molar-refractivity contribution in [3.05, 3.63) is 81.9 Å². The van der Waals surface area contributed by atoms with E-state index in [4.69, 9.17) is 10.3 Å². The summed E-state index contributed by atoms with van der Waals surface area (Å²) in [6.07, 6.45) is 0.616. The Morgan fingerprint density at radius 2 is 1.90 bits per heavy atom. The summed E-state index contributed by atoms with van der Waals surface area (Å²) in [5.74, 6) is 1.07. The highest BCUT2D eigenvalue weighted by Gasteiger charge is 2.16. The van der Waals surface area contributed by atoms with Crippen molar-refractivity contribution in [3.63, 3.8) is 0 Å². The Labute approximate surface area is 131 Å². The van der Waals surface area contributed by atoms with Crippen LogP contribution in [-0.2, 0) is 6.42 Å². The number of hydrogen-bond acceptors (Lipinski definition) is 4. The molecule has 0 spiro atoms. The van der Waals surface area contributed by atoms with Crippen molar-refractivity contribution < 1.29 is 4.52 Å². The molecule has 3 rings (SSSR count). The van der Waals surface area contributed by atoms with Crippen molar-refractivity contribution in [2.75, 3.05) is 0 Å². The van der Waals surface area contributed by atoms with Gasteiger partial charge in [0.2, 0.25) is 5.89 Å². The molecule has 0 saturated carbocycles. The molecule has 2 N–H and O–H groups in total. The highest BCUT2D eigenvalue weighted by Crippen LogP contribution is 2.19. The van der Waals surface area contributed by atoms with Crippen molar-refractivity contribution in [3.8, 4) is 0 Å². The van der Waals surface area contributed by atoms with Crippen LogP contribution in [0.3, 0.4) is 0 Å². The van der Waals surface area contributed by atoms with E-state index in [-0.39, 0.29) is 0 Å². The first-order valence-corrected chi connectivity index (χ1v) is 7.39. The van der Waals surface area contributed by atoms with E-state index in [2.05, 4.69) is 26.1 Å². The molecular weight excluding hydrogens is 330 g/mol. The lowest BCUT2D eigenvalue weighted by Crippen LogP contribution is -2.12. The molecule has 0 aliphatic heterocycles. The van der Waals surface area contributed by atoms with Crippen LogP contribution in [0.2, 0.25) is 0 Å². The highest BCUT2D eigenvalue weighted by molar-refractivity contribution is 9.10. The number of rotatable bonds is 4. The average molecular weight is 344 g/mol. The van der Waals surface area contributed by atoms with E-state index in [0.29, 0.717) is 18.1 Å². The molecule has 0 saturated heterocycles. The van der Waals surface area contributed by atoms with Gasteiger partial charge in [-0.05, 0) is 23.3 Å². The minimum absolute atomic E-state index is 0.394. The molecular formula is C16H14BrN3O. The minimum atomic E-state index is -0.394. The number of benzene rings is 2. The molecule has 0 amide bonds. The average Bonchev–Trinajstić information content (AvgIpc) is 2.96. The number of aromatic nitrogens is 2. The highest BCUT2D eigenvalue weighted by atomic mass is 79.9. The van der Waals surface area contributed by atoms with Crippen LogP contribution in [0, 0.1) is 0 Å². The van der Waals surface area contributed by atoms with Gasteiger partial charge in [-0.15, -0.1) is 0 Å². The third kappa shape index (κ3) is 3.37. The molecule has 4 nitrogen and oxygen atoms in total. The van der Waals surface area contributed by atoms with Crippen LogP contribution in [0.25, 0.3) is 0 Å². The molecule has 0 unspecified atom stereocenters. The van der Waals surface area contributed by atoms with E-state index >= 15 is 0 Å². The molecule has 0 aliphatic carbocycles. The van der Waals surface area contributed by atoms with Gasteiger partial charge in [0.15, 0.2) is 5.82 Å². The molecule has 2 aromatic carbocycles. The van der Waals surface area contributed by atoms with Crippen LogP contribution in [0.1, 0.15) is 28.9 Å². The Balaban J connectivity index is 1.77. The molecule has 1 heterocycles. The SMILES string of the molecule is N[C@@H](c1ccccc1)c1nc(Cc2cccc(Br)c2)no1. The first-order chi connectivity index (χ1) is 10.2. The quantitative estimate of drug-likeness (QED) is 0.787. The summed E-state index contributed by atoms with van der Waals surface area (Å²) in [6, 6.07) is 17.4. The maximum Gasteiger partial charge on any atom is 0.248 e. The zero-order chi connectivity index (χ0) is 14.7. The fourth-order valence-corrected chi connectivity index (χ4v) is 2.54. The van der Waals surface area contributed by atoms with Gasteiger partial charge in [-0.1, -0.05) is 63.6 Å². The molecule has 0 aliphatic rings. The minimum Gasteiger partial charge on any atom is -0.337 e. The Morgan fingerprint density at radius 3 is 2.67 bits per heavy atom. The van der Waals surface area contributed by atoms with Gasteiger partial charge < -0.3 is 10.3 Å². The second kappa shape index (κ2) is 6.20. The molecule has 3 aromatic rings. The van der Waals surface area contributed by atoms with Gasteiger partial charge in [-0.25, -0.2) is 0 Å². The fraction of sp³-hybridized carbons (Fsp3) is 0.125. The van der Waals surface area contributed by atoms with Crippen LogP contribution >= 0.6 is 15.9 Å². The van der Waals surface area contributed by atoms with Gasteiger partial charge >= 0.3 is 0 Å². The Kier molecular flexibility index (Phi) is 4.13. The second-order valence-corrected chi connectivity index (χ2v) is 5.66. The van der Waals surface area contributed by atoms with Crippen molar-refractivity contribution in [2.45, 2.75) is 12.5 Å². The molecule has 1 aromatic heterocycles. The van der Waals surface area contributed by atoms with E-state index in [9.17, 15) is 0 Å². The molecule has 1 atom stereocenters. The standard InChI is InChI=1S/C16H14BrN3O/c17-13-8-4-5-11(9-13)10-14-19-16(21-20-14)15(18)12-6-2-1-3-7-12/h1-9,15H,10,18H2/t15-/m0/s1. The number of halogens is 1. The molecule has 106 valence electrons. The summed E-state index contributed by atoms with van der Waals surface area (Å²) in [7, 11) is 0. The fourth-order valence-electron chi connectivity index (χ4n) is 2.10. The van der Waals surface area contributed by atoms with E-state index in [1.807, 2.05) is 54.6 Å². The molecule has 5 heteroatoms. The summed E-state index contributed by atoms with van der Waals surface area (Å²) in [5, 5.41) is 4.01. The lowest BCUT2D eigenvalue weighted by Gasteiger charge is -2.05. The predicted molar refractivity (Wildman–Crippen MR) is 83.7 cm³/mol. The Bertz CT molecular complexity index is 727. The van der Waals surface area contributed by atoms with Crippen LogP contribution < -0.4 is 5.73 Å². The third-order valence-electron chi connectivity index (χ3n) is 3.16. The first-order valence-electron chi connectivity index (χ1n) is 6.60. The maximum atomic E-state index is 6.14. The smallest absolute Gasteiger partial charge is 0.248 e.